The molecule has 0 saturated carbocycles. The third-order valence-electron chi connectivity index (χ3n) is 4.16. The maximum Gasteiger partial charge on any atom is 0.243 e. The minimum absolute atomic E-state index is 0.0157. The van der Waals surface area contributed by atoms with Gasteiger partial charge < -0.3 is 15.0 Å². The van der Waals surface area contributed by atoms with Gasteiger partial charge in [0.05, 0.1) is 19.3 Å². The molecule has 132 valence electrons. The smallest absolute Gasteiger partial charge is 0.243 e. The number of hydrogen-bond donors (Lipinski definition) is 1. The van der Waals surface area contributed by atoms with E-state index in [1.807, 2.05) is 43.3 Å². The van der Waals surface area contributed by atoms with Crippen LogP contribution in [0.25, 0.3) is 0 Å². The summed E-state index contributed by atoms with van der Waals surface area (Å²) >= 11 is 0. The van der Waals surface area contributed by atoms with Crippen LogP contribution in [-0.4, -0.2) is 68.7 Å². The lowest BCUT2D eigenvalue weighted by molar-refractivity contribution is -0.117. The van der Waals surface area contributed by atoms with Gasteiger partial charge in [-0.15, -0.1) is 0 Å². The van der Waals surface area contributed by atoms with Crippen LogP contribution < -0.4 is 5.32 Å². The lowest BCUT2D eigenvalue weighted by Crippen LogP contribution is -2.48. The minimum Gasteiger partial charge on any atom is -0.379 e. The molecule has 0 spiro atoms. The molecule has 0 aromatic heterocycles. The predicted molar refractivity (Wildman–Crippen MR) is 96.9 cm³/mol. The van der Waals surface area contributed by atoms with E-state index in [2.05, 4.69) is 29.3 Å². The second-order valence-electron chi connectivity index (χ2n) is 6.47. The van der Waals surface area contributed by atoms with Crippen molar-refractivity contribution in [2.75, 3.05) is 46.9 Å². The molecule has 0 bridgehead atoms. The van der Waals surface area contributed by atoms with Gasteiger partial charge in [0, 0.05) is 31.8 Å². The number of nitrogens with zero attached hydrogens (tertiary/aromatic N) is 2. The van der Waals surface area contributed by atoms with Crippen molar-refractivity contribution in [3.63, 3.8) is 0 Å². The highest BCUT2D eigenvalue weighted by molar-refractivity contribution is 5.87. The molecular formula is C19H29N3O2. The van der Waals surface area contributed by atoms with Crippen LogP contribution in [0.15, 0.2) is 42.5 Å². The number of morpholine rings is 1. The molecule has 1 aliphatic rings. The molecule has 1 heterocycles. The van der Waals surface area contributed by atoms with Gasteiger partial charge >= 0.3 is 0 Å². The van der Waals surface area contributed by atoms with E-state index in [1.165, 1.54) is 5.56 Å². The molecule has 1 amide bonds. The zero-order chi connectivity index (χ0) is 17.4. The van der Waals surface area contributed by atoms with E-state index in [0.717, 1.165) is 32.8 Å². The number of amides is 1. The Labute approximate surface area is 145 Å². The Bertz CT molecular complexity index is 525. The summed E-state index contributed by atoms with van der Waals surface area (Å²) in [6.45, 7) is 6.09. The van der Waals surface area contributed by atoms with Gasteiger partial charge in [0.15, 0.2) is 0 Å². The lowest BCUT2D eigenvalue weighted by atomic mass is 9.98. The van der Waals surface area contributed by atoms with E-state index < -0.39 is 0 Å². The highest BCUT2D eigenvalue weighted by Gasteiger charge is 2.28. The summed E-state index contributed by atoms with van der Waals surface area (Å²) in [7, 11) is 3.96. The van der Waals surface area contributed by atoms with Crippen LogP contribution in [-0.2, 0) is 9.53 Å². The normalized spacial score (nSPS) is 18.7. The zero-order valence-electron chi connectivity index (χ0n) is 14.9. The van der Waals surface area contributed by atoms with Gasteiger partial charge in [-0.05, 0) is 26.6 Å². The Morgan fingerprint density at radius 1 is 1.29 bits per heavy atom. The topological polar surface area (TPSA) is 44.8 Å². The molecule has 1 aromatic rings. The van der Waals surface area contributed by atoms with Crippen molar-refractivity contribution in [2.24, 2.45) is 0 Å². The fraction of sp³-hybridized carbons (Fsp3) is 0.526. The average molecular weight is 331 g/mol. The number of likely N-dealkylation sites (N-methyl/N-ethyl adjacent to an activating group) is 1. The largest absolute Gasteiger partial charge is 0.379 e. The number of hydrogen-bond acceptors (Lipinski definition) is 4. The van der Waals surface area contributed by atoms with Gasteiger partial charge in [0.25, 0.3) is 0 Å². The summed E-state index contributed by atoms with van der Waals surface area (Å²) in [5, 5.41) is 3.12. The predicted octanol–water partition coefficient (Wildman–Crippen LogP) is 1.68. The second kappa shape index (κ2) is 9.57. The number of carbonyl (C=O) groups is 1. The van der Waals surface area contributed by atoms with E-state index >= 15 is 0 Å². The monoisotopic (exact) mass is 331 g/mol. The quantitative estimate of drug-likeness (QED) is 0.772. The van der Waals surface area contributed by atoms with E-state index in [0.29, 0.717) is 0 Å². The molecule has 2 unspecified atom stereocenters. The van der Waals surface area contributed by atoms with Crippen LogP contribution in [0.5, 0.6) is 0 Å². The molecule has 5 heteroatoms. The third kappa shape index (κ3) is 5.74. The zero-order valence-corrected chi connectivity index (χ0v) is 14.9. The summed E-state index contributed by atoms with van der Waals surface area (Å²) in [5.74, 6) is -0.0430. The minimum atomic E-state index is -0.0430. The van der Waals surface area contributed by atoms with Crippen LogP contribution in [0.2, 0.25) is 0 Å². The number of rotatable bonds is 7. The lowest BCUT2D eigenvalue weighted by Gasteiger charge is -2.38. The maximum atomic E-state index is 12.2. The molecule has 2 rings (SSSR count). The van der Waals surface area contributed by atoms with Crippen LogP contribution in [0.4, 0.5) is 0 Å². The van der Waals surface area contributed by atoms with Crippen molar-refractivity contribution >= 4 is 5.91 Å². The molecule has 1 saturated heterocycles. The highest BCUT2D eigenvalue weighted by atomic mass is 16.5. The summed E-state index contributed by atoms with van der Waals surface area (Å²) < 4.78 is 5.48. The van der Waals surface area contributed by atoms with Gasteiger partial charge in [-0.2, -0.15) is 0 Å². The molecule has 1 N–H and O–H groups in total. The van der Waals surface area contributed by atoms with Gasteiger partial charge in [-0.25, -0.2) is 0 Å². The first-order chi connectivity index (χ1) is 11.6. The first-order valence-electron chi connectivity index (χ1n) is 8.56. The molecule has 0 radical (unpaired) electrons. The van der Waals surface area contributed by atoms with Crippen molar-refractivity contribution in [1.29, 1.82) is 0 Å². The van der Waals surface area contributed by atoms with Crippen LogP contribution >= 0.6 is 0 Å². The van der Waals surface area contributed by atoms with Crippen molar-refractivity contribution in [3.05, 3.63) is 48.0 Å². The summed E-state index contributed by atoms with van der Waals surface area (Å²) in [6, 6.07) is 10.5. The van der Waals surface area contributed by atoms with E-state index in [4.69, 9.17) is 4.74 Å². The number of nitrogens with one attached hydrogen (secondary N) is 1. The Balaban J connectivity index is 2.05. The molecule has 1 aromatic carbocycles. The first kappa shape index (κ1) is 18.6. The standard InChI is InChI=1S/C19H29N3O2/c1-16(20-18(23)10-7-11-21(2)3)19(17-8-5-4-6-9-17)22-12-14-24-15-13-22/h4-10,16,19H,11-15H2,1-3H3,(H,20,23)/b10-7+. The first-order valence-corrected chi connectivity index (χ1v) is 8.56. The Kier molecular flexibility index (Phi) is 7.43. The Morgan fingerprint density at radius 2 is 1.96 bits per heavy atom. The number of ether oxygens (including phenoxy) is 1. The van der Waals surface area contributed by atoms with Crippen LogP contribution in [0.1, 0.15) is 18.5 Å². The third-order valence-corrected chi connectivity index (χ3v) is 4.16. The summed E-state index contributed by atoms with van der Waals surface area (Å²) in [4.78, 5) is 16.6. The van der Waals surface area contributed by atoms with Gasteiger partial charge in [-0.1, -0.05) is 36.4 Å². The van der Waals surface area contributed by atoms with Crippen molar-refractivity contribution in [3.8, 4) is 0 Å². The molecule has 24 heavy (non-hydrogen) atoms. The SMILES string of the molecule is CC(NC(=O)/C=C/CN(C)C)C(c1ccccc1)N1CCOCC1. The molecule has 1 fully saturated rings. The van der Waals surface area contributed by atoms with E-state index in [-0.39, 0.29) is 18.0 Å². The van der Waals surface area contributed by atoms with Gasteiger partial charge in [0.2, 0.25) is 5.91 Å². The van der Waals surface area contributed by atoms with E-state index in [1.54, 1.807) is 6.08 Å². The summed E-state index contributed by atoms with van der Waals surface area (Å²) in [6.07, 6.45) is 3.51. The van der Waals surface area contributed by atoms with Crippen molar-refractivity contribution < 1.29 is 9.53 Å². The fourth-order valence-corrected chi connectivity index (χ4v) is 3.04. The van der Waals surface area contributed by atoms with Crippen molar-refractivity contribution in [1.82, 2.24) is 15.1 Å². The summed E-state index contributed by atoms with van der Waals surface area (Å²) in [5.41, 5.74) is 1.23. The van der Waals surface area contributed by atoms with E-state index in [9.17, 15) is 4.79 Å². The molecular weight excluding hydrogens is 302 g/mol. The molecule has 1 aliphatic heterocycles. The van der Waals surface area contributed by atoms with Crippen LogP contribution in [0.3, 0.4) is 0 Å². The van der Waals surface area contributed by atoms with Crippen LogP contribution in [0, 0.1) is 0 Å². The molecule has 0 aliphatic carbocycles. The highest BCUT2D eigenvalue weighted by Crippen LogP contribution is 2.25. The van der Waals surface area contributed by atoms with Crippen molar-refractivity contribution in [2.45, 2.75) is 19.0 Å². The number of benzene rings is 1. The maximum absolute atomic E-state index is 12.2. The Hall–Kier alpha value is -1.69. The van der Waals surface area contributed by atoms with Gasteiger partial charge in [-0.3, -0.25) is 9.69 Å². The average Bonchev–Trinajstić information content (AvgIpc) is 2.56. The van der Waals surface area contributed by atoms with Gasteiger partial charge in [0.1, 0.15) is 0 Å². The molecule has 2 atom stereocenters. The molecule has 5 nitrogen and oxygen atoms in total. The fourth-order valence-electron chi connectivity index (χ4n) is 3.04. The number of carbonyl (C=O) groups excluding carboxylic acids is 1. The Morgan fingerprint density at radius 3 is 2.58 bits per heavy atom. The second-order valence-corrected chi connectivity index (χ2v) is 6.47.